The van der Waals surface area contributed by atoms with E-state index in [2.05, 4.69) is 42.3 Å². The average molecular weight is 509 g/mol. The average Bonchev–Trinajstić information content (AvgIpc) is 3.18. The van der Waals surface area contributed by atoms with E-state index < -0.39 is 17.0 Å². The molecule has 2 unspecified atom stereocenters. The number of pyridine rings is 1. The van der Waals surface area contributed by atoms with Crippen molar-refractivity contribution in [3.8, 4) is 0 Å². The van der Waals surface area contributed by atoms with E-state index in [1.54, 1.807) is 11.9 Å². The highest BCUT2D eigenvalue weighted by atomic mass is 16.2. The zero-order valence-electron chi connectivity index (χ0n) is 23.7. The van der Waals surface area contributed by atoms with Crippen molar-refractivity contribution in [3.63, 3.8) is 0 Å². The molecule has 0 saturated heterocycles. The molecule has 0 radical (unpaired) electrons. The van der Waals surface area contributed by atoms with Crippen molar-refractivity contribution >= 4 is 29.3 Å². The number of unbranched alkanes of at least 4 members (excludes halogenated alkanes) is 1. The first-order valence-corrected chi connectivity index (χ1v) is 13.6. The van der Waals surface area contributed by atoms with E-state index in [1.807, 2.05) is 33.9 Å². The zero-order chi connectivity index (χ0) is 27.4. The maximum absolute atomic E-state index is 13.5. The van der Waals surface area contributed by atoms with Gasteiger partial charge >= 0.3 is 6.03 Å². The van der Waals surface area contributed by atoms with Gasteiger partial charge in [-0.25, -0.2) is 4.79 Å². The van der Waals surface area contributed by atoms with Gasteiger partial charge < -0.3 is 9.80 Å². The molecule has 1 aromatic heterocycles. The van der Waals surface area contributed by atoms with Crippen LogP contribution in [0, 0.1) is 5.41 Å². The molecule has 37 heavy (non-hydrogen) atoms. The van der Waals surface area contributed by atoms with E-state index in [0.717, 1.165) is 48.6 Å². The largest absolute Gasteiger partial charge is 0.335 e. The summed E-state index contributed by atoms with van der Waals surface area (Å²) in [5.74, 6) is 0.184. The molecule has 4 amide bonds. The van der Waals surface area contributed by atoms with Crippen LogP contribution in [0.25, 0.3) is 10.9 Å². The van der Waals surface area contributed by atoms with Crippen molar-refractivity contribution in [1.82, 2.24) is 20.1 Å². The zero-order valence-corrected chi connectivity index (χ0v) is 23.7. The lowest BCUT2D eigenvalue weighted by atomic mass is 9.92. The first-order valence-electron chi connectivity index (χ1n) is 13.6. The number of imide groups is 1. The van der Waals surface area contributed by atoms with Crippen LogP contribution in [0.5, 0.6) is 0 Å². The van der Waals surface area contributed by atoms with Crippen LogP contribution in [-0.4, -0.2) is 51.8 Å². The lowest BCUT2D eigenvalue weighted by Crippen LogP contribution is -2.51. The van der Waals surface area contributed by atoms with Crippen molar-refractivity contribution in [2.45, 2.75) is 105 Å². The summed E-state index contributed by atoms with van der Waals surface area (Å²) in [7, 11) is 1.73. The number of benzene rings is 1. The molecule has 1 heterocycles. The van der Waals surface area contributed by atoms with Crippen LogP contribution < -0.4 is 5.32 Å². The molecule has 3 rings (SSSR count). The number of rotatable bonds is 10. The molecule has 2 aromatic rings. The lowest BCUT2D eigenvalue weighted by Gasteiger charge is -2.36. The van der Waals surface area contributed by atoms with Gasteiger partial charge in [0, 0.05) is 42.2 Å². The number of hydrogen-bond acceptors (Lipinski definition) is 4. The molecule has 0 aliphatic heterocycles. The van der Waals surface area contributed by atoms with Crippen LogP contribution in [-0.2, 0) is 29.0 Å². The molecular formula is C30H44N4O3. The summed E-state index contributed by atoms with van der Waals surface area (Å²) in [4.78, 5) is 45.1. The minimum Gasteiger partial charge on any atom is -0.335 e. The third kappa shape index (κ3) is 6.49. The number of aromatic nitrogens is 1. The summed E-state index contributed by atoms with van der Waals surface area (Å²) in [6, 6.07) is 6.27. The number of amides is 4. The van der Waals surface area contributed by atoms with Crippen LogP contribution in [0.1, 0.15) is 90.3 Å². The Balaban J connectivity index is 1.91. The summed E-state index contributed by atoms with van der Waals surface area (Å²) >= 11 is 0. The number of carbonyl (C=O) groups excluding carboxylic acids is 3. The van der Waals surface area contributed by atoms with E-state index in [-0.39, 0.29) is 11.9 Å². The fourth-order valence-corrected chi connectivity index (χ4v) is 5.46. The number of hydrogen-bond donors (Lipinski definition) is 1. The van der Waals surface area contributed by atoms with Crippen LogP contribution in [0.2, 0.25) is 0 Å². The molecule has 0 fully saturated rings. The Labute approximate surface area is 222 Å². The quantitative estimate of drug-likeness (QED) is 0.422. The Morgan fingerprint density at radius 1 is 1.11 bits per heavy atom. The topological polar surface area (TPSA) is 82.6 Å². The smallest absolute Gasteiger partial charge is 0.324 e. The molecule has 1 aliphatic carbocycles. The first-order chi connectivity index (χ1) is 17.4. The van der Waals surface area contributed by atoms with E-state index >= 15 is 0 Å². The van der Waals surface area contributed by atoms with Gasteiger partial charge in [0.25, 0.3) is 0 Å². The molecule has 2 atom stereocenters. The third-order valence-electron chi connectivity index (χ3n) is 7.71. The van der Waals surface area contributed by atoms with Crippen molar-refractivity contribution in [2.24, 2.45) is 5.41 Å². The molecule has 0 bridgehead atoms. The second kappa shape index (κ2) is 11.6. The van der Waals surface area contributed by atoms with Crippen LogP contribution in [0.4, 0.5) is 4.79 Å². The van der Waals surface area contributed by atoms with Crippen LogP contribution in [0.15, 0.2) is 24.4 Å². The second-order valence-corrected chi connectivity index (χ2v) is 11.9. The van der Waals surface area contributed by atoms with Gasteiger partial charge in [0.15, 0.2) is 0 Å². The molecule has 1 aliphatic rings. The summed E-state index contributed by atoms with van der Waals surface area (Å²) in [5, 5.41) is 3.29. The maximum Gasteiger partial charge on any atom is 0.324 e. The number of fused-ring (bicyclic) bond motifs is 2. The van der Waals surface area contributed by atoms with Gasteiger partial charge in [0.05, 0.1) is 5.52 Å². The number of likely N-dealkylation sites (N-methyl/N-ethyl adjacent to an activating group) is 1. The highest BCUT2D eigenvalue weighted by Gasteiger charge is 2.39. The SMILES string of the molecule is CCCCC(CCC)N(Cc1cnc2cc3c(cc2c1)CC(C)(N(C)C(=O)NC=O)C3)C(=O)C(C)(C)C. The summed E-state index contributed by atoms with van der Waals surface area (Å²) < 4.78 is 0. The number of urea groups is 1. The van der Waals surface area contributed by atoms with Crippen molar-refractivity contribution < 1.29 is 14.4 Å². The minimum absolute atomic E-state index is 0.184. The van der Waals surface area contributed by atoms with Gasteiger partial charge in [-0.1, -0.05) is 53.9 Å². The Hall–Kier alpha value is -2.96. The van der Waals surface area contributed by atoms with E-state index in [0.29, 0.717) is 25.8 Å². The van der Waals surface area contributed by atoms with Gasteiger partial charge in [-0.3, -0.25) is 19.9 Å². The molecule has 1 N–H and O–H groups in total. The first kappa shape index (κ1) is 28.6. The van der Waals surface area contributed by atoms with Gasteiger partial charge in [0.2, 0.25) is 12.3 Å². The number of carbonyl (C=O) groups is 3. The summed E-state index contributed by atoms with van der Waals surface area (Å²) in [5.41, 5.74) is 3.44. The second-order valence-electron chi connectivity index (χ2n) is 11.9. The predicted molar refractivity (Wildman–Crippen MR) is 148 cm³/mol. The highest BCUT2D eigenvalue weighted by molar-refractivity contribution is 5.86. The molecule has 1 aromatic carbocycles. The monoisotopic (exact) mass is 508 g/mol. The minimum atomic E-state index is -0.448. The van der Waals surface area contributed by atoms with Crippen molar-refractivity contribution in [1.29, 1.82) is 0 Å². The Bertz CT molecular complexity index is 1140. The van der Waals surface area contributed by atoms with Gasteiger partial charge in [-0.15, -0.1) is 0 Å². The molecule has 202 valence electrons. The van der Waals surface area contributed by atoms with Gasteiger partial charge in [0.1, 0.15) is 0 Å². The highest BCUT2D eigenvalue weighted by Crippen LogP contribution is 2.36. The summed E-state index contributed by atoms with van der Waals surface area (Å²) in [6.45, 7) is 13.0. The Morgan fingerprint density at radius 2 is 1.78 bits per heavy atom. The van der Waals surface area contributed by atoms with Crippen molar-refractivity contribution in [2.75, 3.05) is 7.05 Å². The van der Waals surface area contributed by atoms with E-state index in [1.165, 1.54) is 11.1 Å². The Kier molecular flexibility index (Phi) is 8.98. The third-order valence-corrected chi connectivity index (χ3v) is 7.71. The maximum atomic E-state index is 13.5. The predicted octanol–water partition coefficient (Wildman–Crippen LogP) is 5.62. The molecule has 0 spiro atoms. The van der Waals surface area contributed by atoms with Gasteiger partial charge in [-0.05, 0) is 67.5 Å². The molecule has 7 nitrogen and oxygen atoms in total. The lowest BCUT2D eigenvalue weighted by molar-refractivity contribution is -0.143. The molecule has 7 heteroatoms. The molecular weight excluding hydrogens is 464 g/mol. The Morgan fingerprint density at radius 3 is 2.38 bits per heavy atom. The molecule has 0 saturated carbocycles. The van der Waals surface area contributed by atoms with Crippen LogP contribution >= 0.6 is 0 Å². The number of nitrogens with one attached hydrogen (secondary N) is 1. The van der Waals surface area contributed by atoms with Crippen LogP contribution in [0.3, 0.4) is 0 Å². The fraction of sp³-hybridized carbons (Fsp3) is 0.600. The van der Waals surface area contributed by atoms with Crippen molar-refractivity contribution in [3.05, 3.63) is 41.1 Å². The fourth-order valence-electron chi connectivity index (χ4n) is 5.46. The van der Waals surface area contributed by atoms with E-state index in [9.17, 15) is 14.4 Å². The van der Waals surface area contributed by atoms with E-state index in [4.69, 9.17) is 4.98 Å². The number of nitrogens with zero attached hydrogens (tertiary/aromatic N) is 3. The van der Waals surface area contributed by atoms with Gasteiger partial charge in [-0.2, -0.15) is 0 Å². The summed E-state index contributed by atoms with van der Waals surface area (Å²) in [6.07, 6.45) is 9.02. The normalized spacial score (nSPS) is 17.8. The standard InChI is InChI=1S/C30H44N4O3/c1-8-10-12-25(11-9-2)34(27(36)29(3,4)5)19-21-13-22-14-23-16-30(6,33(7)28(37)32-20-35)17-24(23)15-26(22)31-18-21/h13-15,18,20,25H,8-12,16-17,19H2,1-7H3,(H,32,35,37).